The maximum atomic E-state index is 14.1. The summed E-state index contributed by atoms with van der Waals surface area (Å²) in [4.78, 5) is 118. The Hall–Kier alpha value is -8.40. The molecule has 8 amide bonds. The van der Waals surface area contributed by atoms with E-state index in [1.807, 2.05) is 44.6 Å². The lowest BCUT2D eigenvalue weighted by Crippen LogP contribution is -2.53. The fraction of sp³-hybridized carbons (Fsp3) is 0.500. The van der Waals surface area contributed by atoms with Crippen molar-refractivity contribution >= 4 is 82.3 Å². The number of rotatable bonds is 29. The van der Waals surface area contributed by atoms with E-state index in [1.54, 1.807) is 73.2 Å². The van der Waals surface area contributed by atoms with Crippen molar-refractivity contribution < 1.29 is 62.0 Å². The Kier molecular flexibility index (Phi) is 20.4. The second-order valence-corrected chi connectivity index (χ2v) is 23.3. The molecule has 9 rings (SSSR count). The van der Waals surface area contributed by atoms with Crippen LogP contribution in [-0.2, 0) is 33.5 Å². The predicted octanol–water partition coefficient (Wildman–Crippen LogP) is 7.45. The Morgan fingerprint density at radius 2 is 1.27 bits per heavy atom. The van der Waals surface area contributed by atoms with E-state index < -0.39 is 23.9 Å². The van der Waals surface area contributed by atoms with Crippen LogP contribution in [0.1, 0.15) is 132 Å². The summed E-state index contributed by atoms with van der Waals surface area (Å²) >= 11 is 0. The van der Waals surface area contributed by atoms with Crippen LogP contribution < -0.4 is 40.2 Å². The Morgan fingerprint density at radius 1 is 0.651 bits per heavy atom. The third kappa shape index (κ3) is 15.0. The molecule has 22 nitrogen and oxygen atoms in total. The number of carbonyl (C=O) groups is 8. The van der Waals surface area contributed by atoms with Crippen molar-refractivity contribution in [3.63, 3.8) is 0 Å². The minimum absolute atomic E-state index is 0.0952. The number of imide groups is 1. The van der Waals surface area contributed by atoms with Gasteiger partial charge in [0.05, 0.1) is 68.6 Å². The molecule has 22 heteroatoms. The highest BCUT2D eigenvalue weighted by atomic mass is 16.5. The fourth-order valence-corrected chi connectivity index (χ4v) is 11.1. The molecule has 3 aromatic carbocycles. The summed E-state index contributed by atoms with van der Waals surface area (Å²) in [6.45, 7) is 10.7. The number of aliphatic imine (C=N–C) groups is 2. The second-order valence-electron chi connectivity index (χ2n) is 23.3. The zero-order valence-electron chi connectivity index (χ0n) is 50.1. The highest BCUT2D eigenvalue weighted by Gasteiger charge is 2.41. The molecule has 5 atom stereocenters. The molecule has 0 aromatic heterocycles. The lowest BCUT2D eigenvalue weighted by molar-refractivity contribution is -0.139. The van der Waals surface area contributed by atoms with Crippen LogP contribution in [0.2, 0.25) is 0 Å². The van der Waals surface area contributed by atoms with Gasteiger partial charge in [0, 0.05) is 100 Å². The molecule has 86 heavy (non-hydrogen) atoms. The van der Waals surface area contributed by atoms with Gasteiger partial charge < -0.3 is 54.8 Å². The number of methoxy groups -OCH3 is 2. The van der Waals surface area contributed by atoms with Crippen molar-refractivity contribution in [2.75, 3.05) is 59.1 Å². The minimum atomic E-state index is -0.936. The van der Waals surface area contributed by atoms with E-state index >= 15 is 0 Å². The van der Waals surface area contributed by atoms with E-state index in [4.69, 9.17) is 33.7 Å². The van der Waals surface area contributed by atoms with Crippen LogP contribution in [0, 0.1) is 23.7 Å². The monoisotopic (exact) mass is 1180 g/mol. The number of hydrogen-bond acceptors (Lipinski definition) is 15. The van der Waals surface area contributed by atoms with Crippen molar-refractivity contribution in [3.05, 3.63) is 83.2 Å². The maximum absolute atomic E-state index is 14.1. The van der Waals surface area contributed by atoms with Gasteiger partial charge in [-0.2, -0.15) is 0 Å². The van der Waals surface area contributed by atoms with Gasteiger partial charge in [-0.3, -0.25) is 53.2 Å². The summed E-state index contributed by atoms with van der Waals surface area (Å²) in [6, 6.07) is 11.7. The zero-order chi connectivity index (χ0) is 61.2. The first-order valence-electron chi connectivity index (χ1n) is 30.0. The molecular weight excluding hydrogens is 1100 g/mol. The second kappa shape index (κ2) is 28.2. The van der Waals surface area contributed by atoms with Gasteiger partial charge in [-0.1, -0.05) is 39.8 Å². The van der Waals surface area contributed by atoms with Gasteiger partial charge in [-0.05, 0) is 104 Å². The number of benzene rings is 3. The molecule has 0 radical (unpaired) electrons. The number of hydrogen-bond donors (Lipinski definition) is 4. The van der Waals surface area contributed by atoms with Gasteiger partial charge >= 0.3 is 0 Å². The minimum Gasteiger partial charge on any atom is -0.493 e. The van der Waals surface area contributed by atoms with Gasteiger partial charge in [0.25, 0.3) is 11.8 Å². The van der Waals surface area contributed by atoms with E-state index in [9.17, 15) is 38.4 Å². The number of ether oxygens (including phenoxy) is 5. The predicted molar refractivity (Wildman–Crippen MR) is 322 cm³/mol. The summed E-state index contributed by atoms with van der Waals surface area (Å²) in [5.41, 5.74) is 5.34. The normalized spacial score (nSPS) is 19.2. The first-order chi connectivity index (χ1) is 41.4. The average molecular weight is 1180 g/mol. The average Bonchev–Trinajstić information content (AvgIpc) is 1.81. The van der Waals surface area contributed by atoms with Crippen molar-refractivity contribution in [3.8, 4) is 23.0 Å². The molecule has 4 N–H and O–H groups in total. The summed E-state index contributed by atoms with van der Waals surface area (Å²) < 4.78 is 29.2. The van der Waals surface area contributed by atoms with Crippen LogP contribution in [-0.4, -0.2) is 152 Å². The molecule has 5 heterocycles. The largest absolute Gasteiger partial charge is 0.493 e. The van der Waals surface area contributed by atoms with Gasteiger partial charge in [-0.15, -0.1) is 0 Å². The van der Waals surface area contributed by atoms with Gasteiger partial charge in [-0.25, -0.2) is 0 Å². The summed E-state index contributed by atoms with van der Waals surface area (Å²) in [5, 5.41) is 11.1. The van der Waals surface area contributed by atoms with Gasteiger partial charge in [0.1, 0.15) is 12.1 Å². The Labute approximate surface area is 501 Å². The highest BCUT2D eigenvalue weighted by Crippen LogP contribution is 2.45. The van der Waals surface area contributed by atoms with Crippen LogP contribution >= 0.6 is 0 Å². The number of anilines is 1. The lowest BCUT2D eigenvalue weighted by Gasteiger charge is -2.24. The summed E-state index contributed by atoms with van der Waals surface area (Å²) in [7, 11) is 3.05. The van der Waals surface area contributed by atoms with Crippen LogP contribution in [0.15, 0.2) is 76.5 Å². The third-order valence-corrected chi connectivity index (χ3v) is 16.3. The van der Waals surface area contributed by atoms with Crippen molar-refractivity contribution in [2.24, 2.45) is 33.7 Å². The van der Waals surface area contributed by atoms with Crippen LogP contribution in [0.25, 0.3) is 5.57 Å². The van der Waals surface area contributed by atoms with Gasteiger partial charge in [0.2, 0.25) is 35.4 Å². The maximum Gasteiger partial charge on any atom is 0.260 e. The quantitative estimate of drug-likeness (QED) is 0.0389. The lowest BCUT2D eigenvalue weighted by atomic mass is 9.94. The Bertz CT molecular complexity index is 3200. The van der Waals surface area contributed by atoms with E-state index in [0.29, 0.717) is 102 Å². The van der Waals surface area contributed by atoms with Crippen LogP contribution in [0.5, 0.6) is 23.0 Å². The zero-order valence-corrected chi connectivity index (χ0v) is 50.1. The summed E-state index contributed by atoms with van der Waals surface area (Å²) in [5.74, 6) is -0.242. The number of nitrogens with one attached hydrogen (secondary N) is 4. The fourth-order valence-electron chi connectivity index (χ4n) is 11.1. The molecule has 6 aliphatic rings. The molecule has 458 valence electrons. The van der Waals surface area contributed by atoms with E-state index in [0.717, 1.165) is 17.6 Å². The summed E-state index contributed by atoms with van der Waals surface area (Å²) in [6.07, 6.45) is 13.7. The molecule has 1 unspecified atom stereocenters. The van der Waals surface area contributed by atoms with Crippen molar-refractivity contribution in [1.82, 2.24) is 30.7 Å². The molecule has 0 bridgehead atoms. The number of likely N-dealkylation sites (tertiary alicyclic amines) is 1. The Morgan fingerprint density at radius 3 is 1.86 bits per heavy atom. The first kappa shape index (κ1) is 62.1. The molecule has 2 fully saturated rings. The number of nitrogens with zero attached hydrogens (tertiary/aromatic N) is 5. The third-order valence-electron chi connectivity index (χ3n) is 16.3. The number of carbonyl (C=O) groups excluding carboxylic acids is 8. The smallest absolute Gasteiger partial charge is 0.260 e. The van der Waals surface area contributed by atoms with E-state index in [2.05, 4.69) is 21.3 Å². The number of fused-ring (bicyclic) bond motifs is 4. The van der Waals surface area contributed by atoms with Crippen LogP contribution in [0.4, 0.5) is 17.1 Å². The van der Waals surface area contributed by atoms with Gasteiger partial charge in [0.15, 0.2) is 23.0 Å². The van der Waals surface area contributed by atoms with Crippen molar-refractivity contribution in [2.45, 2.75) is 129 Å². The number of amides is 8. The molecule has 0 spiro atoms. The number of unbranched alkanes of at least 4 members (excludes halogenated alkanes) is 1. The highest BCUT2D eigenvalue weighted by molar-refractivity contribution is 6.07. The molecule has 3 aromatic rings. The van der Waals surface area contributed by atoms with Crippen molar-refractivity contribution in [1.29, 1.82) is 0 Å². The Balaban J connectivity index is 0.674. The van der Waals surface area contributed by atoms with Crippen LogP contribution in [0.3, 0.4) is 0 Å². The molecule has 1 saturated carbocycles. The molecule has 1 aliphatic carbocycles. The molecule has 1 saturated heterocycles. The first-order valence-corrected chi connectivity index (χ1v) is 30.0. The standard InChI is InChI=1S/C64H79N9O13/c1-37(2)47-30-58(76)71(62(47)79)21-9-8-12-56(74)65-20-25-84-22-10-13-57(75)70-59(38(3)4)61(78)68-39(5)60(77)69-44-18-16-41(17-19-44)43-27-46-34-67-51-32-55(53(83-7)29-49(51)64(81)73(46)36-43)86-24-11-23-85-54-31-50-48(28-52(54)82-6)63(80)72-35-42(40-14-15-40)26-45(72)33-66-50/h16-19,28-29,31-40,45-47,59H,8-15,20-27,30H2,1-7H3,(H,65,74)(H,68,78)(H,69,77)(H,70,75)/t39-,45-,46-,47?,59-/m0/s1. The SMILES string of the molecule is COc1cc2c(cc1OCCCOc1cc3c(cc1OC)C(=O)N1C=C(C4CC4)C[C@H]1C=N3)N=C[C@@H]1CC(c3ccc(NC(=O)[C@H](C)NC(=O)[C@@H](NC(=O)CCCOCCNC(=O)CCCCN4C(=O)CC(C(C)C)C4=O)C(C)C)cc3)=CN1C2=O. The molecular formula is C64H79N9O13. The van der Waals surface area contributed by atoms with E-state index in [-0.39, 0.29) is 111 Å². The molecule has 5 aliphatic heterocycles. The van der Waals surface area contributed by atoms with E-state index in [1.165, 1.54) is 37.5 Å². The topological polar surface area (TPSA) is 265 Å².